The highest BCUT2D eigenvalue weighted by Crippen LogP contribution is 2.11. The summed E-state index contributed by atoms with van der Waals surface area (Å²) in [5.74, 6) is 0.458. The lowest BCUT2D eigenvalue weighted by molar-refractivity contribution is 0.0725. The molecule has 2 N–H and O–H groups in total. The van der Waals surface area contributed by atoms with Crippen molar-refractivity contribution in [3.8, 4) is 0 Å². The minimum Gasteiger partial charge on any atom is -0.387 e. The SMILES string of the molecule is CSC[C@@](C)(O)CNC(=O)c1ccc(C)c(C)c1. The molecule has 0 aliphatic rings. The van der Waals surface area contributed by atoms with Crippen LogP contribution in [0.15, 0.2) is 18.2 Å². The molecular formula is C14H21NO2S. The third-order valence-electron chi connectivity index (χ3n) is 2.85. The summed E-state index contributed by atoms with van der Waals surface area (Å²) in [6.07, 6.45) is 1.93. The highest BCUT2D eigenvalue weighted by molar-refractivity contribution is 7.98. The van der Waals surface area contributed by atoms with Gasteiger partial charge in [0.25, 0.3) is 5.91 Å². The van der Waals surface area contributed by atoms with Gasteiger partial charge in [-0.25, -0.2) is 0 Å². The van der Waals surface area contributed by atoms with E-state index in [2.05, 4.69) is 5.32 Å². The second-order valence-electron chi connectivity index (χ2n) is 4.91. The summed E-state index contributed by atoms with van der Waals surface area (Å²) in [5, 5.41) is 12.7. The molecule has 3 nitrogen and oxygen atoms in total. The highest BCUT2D eigenvalue weighted by atomic mass is 32.2. The molecule has 0 fully saturated rings. The lowest BCUT2D eigenvalue weighted by atomic mass is 10.1. The number of hydrogen-bond donors (Lipinski definition) is 2. The molecule has 1 atom stereocenters. The molecule has 1 aromatic carbocycles. The molecule has 0 aromatic heterocycles. The fourth-order valence-electron chi connectivity index (χ4n) is 1.62. The number of carbonyl (C=O) groups is 1. The maximum absolute atomic E-state index is 11.9. The molecule has 0 spiro atoms. The fraction of sp³-hybridized carbons (Fsp3) is 0.500. The van der Waals surface area contributed by atoms with E-state index in [4.69, 9.17) is 0 Å². The van der Waals surface area contributed by atoms with E-state index in [1.165, 1.54) is 5.56 Å². The Kier molecular flexibility index (Phi) is 5.23. The molecule has 1 aromatic rings. The monoisotopic (exact) mass is 267 g/mol. The van der Waals surface area contributed by atoms with Crippen LogP contribution in [-0.4, -0.2) is 35.2 Å². The van der Waals surface area contributed by atoms with Crippen molar-refractivity contribution in [1.82, 2.24) is 5.32 Å². The van der Waals surface area contributed by atoms with Crippen LogP contribution in [0.5, 0.6) is 0 Å². The molecule has 0 radical (unpaired) electrons. The minimum atomic E-state index is -0.866. The molecule has 18 heavy (non-hydrogen) atoms. The van der Waals surface area contributed by atoms with Crippen LogP contribution < -0.4 is 5.32 Å². The molecule has 0 heterocycles. The Labute approximate surface area is 113 Å². The van der Waals surface area contributed by atoms with Crippen molar-refractivity contribution >= 4 is 17.7 Å². The molecule has 0 aliphatic carbocycles. The Bertz CT molecular complexity index is 430. The first-order valence-electron chi connectivity index (χ1n) is 5.92. The molecule has 4 heteroatoms. The van der Waals surface area contributed by atoms with Crippen LogP contribution in [-0.2, 0) is 0 Å². The molecule has 1 amide bonds. The van der Waals surface area contributed by atoms with Gasteiger partial charge in [-0.15, -0.1) is 0 Å². The zero-order valence-electron chi connectivity index (χ0n) is 11.4. The van der Waals surface area contributed by atoms with Gasteiger partial charge in [-0.1, -0.05) is 6.07 Å². The van der Waals surface area contributed by atoms with E-state index in [-0.39, 0.29) is 12.5 Å². The van der Waals surface area contributed by atoms with Gasteiger partial charge in [0, 0.05) is 17.9 Å². The quantitative estimate of drug-likeness (QED) is 0.859. The average molecular weight is 267 g/mol. The number of rotatable bonds is 5. The van der Waals surface area contributed by atoms with Crippen LogP contribution in [0.25, 0.3) is 0 Å². The molecular weight excluding hydrogens is 246 g/mol. The normalized spacial score (nSPS) is 14.1. The van der Waals surface area contributed by atoms with Gasteiger partial charge >= 0.3 is 0 Å². The van der Waals surface area contributed by atoms with Crippen molar-refractivity contribution in [3.63, 3.8) is 0 Å². The molecule has 0 bridgehead atoms. The lowest BCUT2D eigenvalue weighted by Crippen LogP contribution is -2.42. The van der Waals surface area contributed by atoms with Crippen LogP contribution in [0, 0.1) is 13.8 Å². The van der Waals surface area contributed by atoms with E-state index in [1.807, 2.05) is 32.2 Å². The van der Waals surface area contributed by atoms with E-state index in [1.54, 1.807) is 24.8 Å². The van der Waals surface area contributed by atoms with Crippen LogP contribution in [0.2, 0.25) is 0 Å². The van der Waals surface area contributed by atoms with E-state index < -0.39 is 5.60 Å². The van der Waals surface area contributed by atoms with E-state index >= 15 is 0 Å². The number of hydrogen-bond acceptors (Lipinski definition) is 3. The van der Waals surface area contributed by atoms with Crippen molar-refractivity contribution in [2.24, 2.45) is 0 Å². The predicted octanol–water partition coefficient (Wildman–Crippen LogP) is 2.15. The Balaban J connectivity index is 2.63. The second-order valence-corrected chi connectivity index (χ2v) is 5.78. The number of thioether (sulfide) groups is 1. The van der Waals surface area contributed by atoms with Gasteiger partial charge in [0.15, 0.2) is 0 Å². The van der Waals surface area contributed by atoms with Gasteiger partial charge in [0.05, 0.1) is 5.60 Å². The van der Waals surface area contributed by atoms with Gasteiger partial charge in [-0.3, -0.25) is 4.79 Å². The number of amides is 1. The summed E-state index contributed by atoms with van der Waals surface area (Å²) in [6.45, 7) is 5.99. The number of aryl methyl sites for hydroxylation is 2. The Hall–Kier alpha value is -1.00. The van der Waals surface area contributed by atoms with Crippen molar-refractivity contribution in [1.29, 1.82) is 0 Å². The van der Waals surface area contributed by atoms with Crippen LogP contribution in [0.1, 0.15) is 28.4 Å². The lowest BCUT2D eigenvalue weighted by Gasteiger charge is -2.22. The summed E-state index contributed by atoms with van der Waals surface area (Å²) in [4.78, 5) is 11.9. The van der Waals surface area contributed by atoms with E-state index in [9.17, 15) is 9.90 Å². The maximum atomic E-state index is 11.9. The predicted molar refractivity (Wildman–Crippen MR) is 77.3 cm³/mol. The van der Waals surface area contributed by atoms with Crippen molar-refractivity contribution in [2.45, 2.75) is 26.4 Å². The largest absolute Gasteiger partial charge is 0.387 e. The molecule has 0 saturated carbocycles. The molecule has 1 rings (SSSR count). The van der Waals surface area contributed by atoms with Crippen LogP contribution in [0.4, 0.5) is 0 Å². The van der Waals surface area contributed by atoms with E-state index in [0.29, 0.717) is 11.3 Å². The smallest absolute Gasteiger partial charge is 0.251 e. The third kappa shape index (κ3) is 4.35. The van der Waals surface area contributed by atoms with Crippen molar-refractivity contribution in [3.05, 3.63) is 34.9 Å². The standard InChI is InChI=1S/C14H21NO2S/c1-10-5-6-12(7-11(10)2)13(16)15-8-14(3,17)9-18-4/h5-7,17H,8-9H2,1-4H3,(H,15,16)/t14-/m0/s1. The van der Waals surface area contributed by atoms with Gasteiger partial charge in [0.1, 0.15) is 0 Å². The average Bonchev–Trinajstić information content (AvgIpc) is 2.30. The summed E-state index contributed by atoms with van der Waals surface area (Å²) >= 11 is 1.56. The molecule has 0 saturated heterocycles. The number of nitrogens with one attached hydrogen (secondary N) is 1. The first-order valence-corrected chi connectivity index (χ1v) is 7.32. The molecule has 0 aliphatic heterocycles. The number of aliphatic hydroxyl groups is 1. The Morgan fingerprint density at radius 1 is 1.39 bits per heavy atom. The van der Waals surface area contributed by atoms with Gasteiger partial charge < -0.3 is 10.4 Å². The summed E-state index contributed by atoms with van der Waals surface area (Å²) in [5.41, 5.74) is 2.03. The Morgan fingerprint density at radius 3 is 2.61 bits per heavy atom. The molecule has 100 valence electrons. The topological polar surface area (TPSA) is 49.3 Å². The van der Waals surface area contributed by atoms with Gasteiger partial charge in [-0.05, 0) is 50.3 Å². The molecule has 0 unspecified atom stereocenters. The van der Waals surface area contributed by atoms with Crippen LogP contribution >= 0.6 is 11.8 Å². The maximum Gasteiger partial charge on any atom is 0.251 e. The zero-order valence-corrected chi connectivity index (χ0v) is 12.2. The minimum absolute atomic E-state index is 0.139. The summed E-state index contributed by atoms with van der Waals surface area (Å²) in [6, 6.07) is 5.61. The first-order chi connectivity index (χ1) is 8.35. The highest BCUT2D eigenvalue weighted by Gasteiger charge is 2.20. The number of carbonyl (C=O) groups excluding carboxylic acids is 1. The zero-order chi connectivity index (χ0) is 13.8. The fourth-order valence-corrected chi connectivity index (χ4v) is 2.34. The van der Waals surface area contributed by atoms with Crippen molar-refractivity contribution in [2.75, 3.05) is 18.6 Å². The summed E-state index contributed by atoms with van der Waals surface area (Å²) < 4.78 is 0. The number of benzene rings is 1. The van der Waals surface area contributed by atoms with E-state index in [0.717, 1.165) is 5.56 Å². The van der Waals surface area contributed by atoms with Gasteiger partial charge in [0.2, 0.25) is 0 Å². The third-order valence-corrected chi connectivity index (χ3v) is 3.76. The van der Waals surface area contributed by atoms with Crippen LogP contribution in [0.3, 0.4) is 0 Å². The van der Waals surface area contributed by atoms with Crippen molar-refractivity contribution < 1.29 is 9.90 Å². The summed E-state index contributed by atoms with van der Waals surface area (Å²) in [7, 11) is 0. The Morgan fingerprint density at radius 2 is 2.06 bits per heavy atom. The second kappa shape index (κ2) is 6.25. The van der Waals surface area contributed by atoms with Gasteiger partial charge in [-0.2, -0.15) is 11.8 Å². The first kappa shape index (κ1) is 15.1.